The minimum atomic E-state index is -0.624. The third kappa shape index (κ3) is 4.46. The second-order valence-electron chi connectivity index (χ2n) is 8.51. The molecule has 0 radical (unpaired) electrons. The first-order chi connectivity index (χ1) is 16.5. The van der Waals surface area contributed by atoms with Crippen LogP contribution in [0.4, 0.5) is 0 Å². The van der Waals surface area contributed by atoms with Gasteiger partial charge in [0.25, 0.3) is 5.56 Å². The van der Waals surface area contributed by atoms with Crippen LogP contribution >= 0.6 is 0 Å². The number of hydrogen-bond acceptors (Lipinski definition) is 7. The second kappa shape index (κ2) is 10.2. The summed E-state index contributed by atoms with van der Waals surface area (Å²) in [5.41, 5.74) is 2.79. The number of nitroso groups, excluding NO2 is 1. The average Bonchev–Trinajstić information content (AvgIpc) is 2.85. The van der Waals surface area contributed by atoms with Crippen LogP contribution in [0.3, 0.4) is 0 Å². The fourth-order valence-electron chi connectivity index (χ4n) is 4.59. The molecular formula is C26H28N4O4. The van der Waals surface area contributed by atoms with Gasteiger partial charge in [-0.15, -0.1) is 0 Å². The lowest BCUT2D eigenvalue weighted by atomic mass is 9.98. The van der Waals surface area contributed by atoms with Crippen LogP contribution in [-0.4, -0.2) is 39.6 Å². The van der Waals surface area contributed by atoms with Crippen molar-refractivity contribution in [2.45, 2.75) is 52.1 Å². The number of fused-ring (bicyclic) bond motifs is 1. The van der Waals surface area contributed by atoms with E-state index in [-0.39, 0.29) is 24.0 Å². The molecule has 3 aromatic rings. The van der Waals surface area contributed by atoms with Crippen molar-refractivity contribution in [3.05, 3.63) is 73.2 Å². The number of ether oxygens (including phenoxy) is 1. The molecule has 4 rings (SSSR count). The van der Waals surface area contributed by atoms with E-state index in [1.54, 1.807) is 12.3 Å². The summed E-state index contributed by atoms with van der Waals surface area (Å²) in [6.45, 7) is 6.16. The topological polar surface area (TPSA) is 104 Å². The highest BCUT2D eigenvalue weighted by atomic mass is 16.5. The average molecular weight is 461 g/mol. The number of pyridine rings is 1. The van der Waals surface area contributed by atoms with E-state index in [0.29, 0.717) is 36.0 Å². The van der Waals surface area contributed by atoms with Gasteiger partial charge in [0.05, 0.1) is 29.9 Å². The number of aromatic nitrogens is 3. The Morgan fingerprint density at radius 3 is 2.76 bits per heavy atom. The van der Waals surface area contributed by atoms with Crippen LogP contribution in [-0.2, 0) is 11.2 Å². The number of nitrogens with zero attached hydrogens (tertiary/aromatic N) is 4. The summed E-state index contributed by atoms with van der Waals surface area (Å²) >= 11 is 0. The number of carbonyl (C=O) groups is 1. The number of carbonyl (C=O) groups excluding carboxylic acids is 1. The van der Waals surface area contributed by atoms with Crippen LogP contribution in [0.1, 0.15) is 61.3 Å². The SMILES string of the molecule is C/C=c1\c(=C/CC)c(Cc2ccc(C(C)=O)nc2)cc2c(=O)n([C@H]3CCOC[C@@H]3N=O)cnc12. The molecule has 2 atom stereocenters. The van der Waals surface area contributed by atoms with E-state index in [1.165, 1.54) is 17.8 Å². The van der Waals surface area contributed by atoms with Gasteiger partial charge in [-0.25, -0.2) is 4.98 Å². The number of hydrogen-bond donors (Lipinski definition) is 0. The largest absolute Gasteiger partial charge is 0.379 e. The van der Waals surface area contributed by atoms with Crippen molar-refractivity contribution in [3.8, 4) is 0 Å². The first kappa shape index (κ1) is 23.6. The molecule has 0 N–H and O–H groups in total. The summed E-state index contributed by atoms with van der Waals surface area (Å²) in [5.74, 6) is -0.0806. The molecule has 0 unspecified atom stereocenters. The van der Waals surface area contributed by atoms with E-state index in [9.17, 15) is 14.5 Å². The molecule has 1 saturated heterocycles. The zero-order valence-electron chi connectivity index (χ0n) is 19.7. The van der Waals surface area contributed by atoms with Gasteiger partial charge in [-0.05, 0) is 54.7 Å². The lowest BCUT2D eigenvalue weighted by molar-refractivity contribution is 0.0519. The second-order valence-corrected chi connectivity index (χ2v) is 8.51. The molecule has 3 heterocycles. The zero-order valence-corrected chi connectivity index (χ0v) is 19.7. The van der Waals surface area contributed by atoms with Gasteiger partial charge in [0.2, 0.25) is 0 Å². The summed E-state index contributed by atoms with van der Waals surface area (Å²) in [6.07, 6.45) is 9.26. The molecule has 2 aromatic heterocycles. The molecule has 1 aromatic carbocycles. The minimum absolute atomic E-state index is 0.0806. The maximum Gasteiger partial charge on any atom is 0.261 e. The summed E-state index contributed by atoms with van der Waals surface area (Å²) in [7, 11) is 0. The fraction of sp³-hybridized carbons (Fsp3) is 0.385. The summed E-state index contributed by atoms with van der Waals surface area (Å²) in [6, 6.07) is 4.51. The maximum absolute atomic E-state index is 13.6. The van der Waals surface area contributed by atoms with Crippen LogP contribution in [0.5, 0.6) is 0 Å². The smallest absolute Gasteiger partial charge is 0.261 e. The van der Waals surface area contributed by atoms with Crippen molar-refractivity contribution < 1.29 is 9.53 Å². The van der Waals surface area contributed by atoms with Gasteiger partial charge in [0, 0.05) is 24.9 Å². The molecule has 1 aliphatic heterocycles. The van der Waals surface area contributed by atoms with E-state index in [4.69, 9.17) is 4.74 Å². The van der Waals surface area contributed by atoms with Crippen LogP contribution in [0.2, 0.25) is 0 Å². The molecule has 0 spiro atoms. The van der Waals surface area contributed by atoms with E-state index in [0.717, 1.165) is 28.0 Å². The molecule has 176 valence electrons. The Morgan fingerprint density at radius 1 is 1.29 bits per heavy atom. The minimum Gasteiger partial charge on any atom is -0.379 e. The van der Waals surface area contributed by atoms with Gasteiger partial charge >= 0.3 is 0 Å². The monoisotopic (exact) mass is 460 g/mol. The third-order valence-corrected chi connectivity index (χ3v) is 6.30. The molecule has 8 heteroatoms. The predicted molar refractivity (Wildman–Crippen MR) is 131 cm³/mol. The van der Waals surface area contributed by atoms with Crippen molar-refractivity contribution in [2.75, 3.05) is 13.2 Å². The number of ketones is 1. The van der Waals surface area contributed by atoms with Gasteiger partial charge in [-0.1, -0.05) is 30.3 Å². The van der Waals surface area contributed by atoms with Gasteiger partial charge < -0.3 is 4.74 Å². The standard InChI is InChI=1S/C26H28N4O4/c1-4-6-20-18(11-17-7-8-22(16(3)31)27-13-17)12-21-25(19(20)5-2)28-15-30(26(21)32)24-9-10-34-14-23(24)29-33/h5-8,12-13,15,23-24H,4,9-11,14H2,1-3H3/b19-5+,20-6-/t23-,24-/m0/s1. The molecule has 0 saturated carbocycles. The quantitative estimate of drug-likeness (QED) is 0.414. The molecule has 8 nitrogen and oxygen atoms in total. The van der Waals surface area contributed by atoms with Gasteiger partial charge in [-0.3, -0.25) is 19.1 Å². The van der Waals surface area contributed by atoms with Crippen LogP contribution < -0.4 is 16.0 Å². The Bertz CT molecular complexity index is 1410. The first-order valence-corrected chi connectivity index (χ1v) is 11.5. The Hall–Kier alpha value is -3.52. The Labute approximate surface area is 197 Å². The van der Waals surface area contributed by atoms with Crippen molar-refractivity contribution in [1.29, 1.82) is 0 Å². The van der Waals surface area contributed by atoms with E-state index < -0.39 is 6.04 Å². The summed E-state index contributed by atoms with van der Waals surface area (Å²) in [4.78, 5) is 45.5. The Balaban J connectivity index is 1.90. The third-order valence-electron chi connectivity index (χ3n) is 6.30. The molecule has 0 amide bonds. The number of Topliss-reactive ketones (excluding diaryl/α,β-unsaturated/α-hetero) is 1. The maximum atomic E-state index is 13.6. The lowest BCUT2D eigenvalue weighted by Gasteiger charge is -2.28. The van der Waals surface area contributed by atoms with Crippen molar-refractivity contribution >= 4 is 28.8 Å². The molecule has 0 bridgehead atoms. The van der Waals surface area contributed by atoms with Crippen molar-refractivity contribution in [2.24, 2.45) is 5.18 Å². The lowest BCUT2D eigenvalue weighted by Crippen LogP contribution is -2.39. The molecule has 0 aliphatic carbocycles. The van der Waals surface area contributed by atoms with Crippen molar-refractivity contribution in [3.63, 3.8) is 0 Å². The van der Waals surface area contributed by atoms with Crippen LogP contribution in [0.25, 0.3) is 23.1 Å². The highest BCUT2D eigenvalue weighted by molar-refractivity contribution is 5.92. The highest BCUT2D eigenvalue weighted by Gasteiger charge is 2.29. The van der Waals surface area contributed by atoms with Crippen molar-refractivity contribution in [1.82, 2.24) is 14.5 Å². The van der Waals surface area contributed by atoms with E-state index in [1.807, 2.05) is 25.1 Å². The van der Waals surface area contributed by atoms with Gasteiger partial charge in [-0.2, -0.15) is 4.91 Å². The van der Waals surface area contributed by atoms with Gasteiger partial charge in [0.15, 0.2) is 5.78 Å². The summed E-state index contributed by atoms with van der Waals surface area (Å²) in [5, 5.41) is 5.63. The molecule has 1 aliphatic rings. The molecule has 1 fully saturated rings. The molecular weight excluding hydrogens is 432 g/mol. The zero-order chi connectivity index (χ0) is 24.2. The predicted octanol–water partition coefficient (Wildman–Crippen LogP) is 2.67. The number of benzene rings is 1. The van der Waals surface area contributed by atoms with Gasteiger partial charge in [0.1, 0.15) is 11.7 Å². The van der Waals surface area contributed by atoms with Crippen LogP contribution in [0, 0.1) is 4.91 Å². The first-order valence-electron chi connectivity index (χ1n) is 11.5. The van der Waals surface area contributed by atoms with E-state index in [2.05, 4.69) is 28.1 Å². The summed E-state index contributed by atoms with van der Waals surface area (Å²) < 4.78 is 6.91. The molecule has 34 heavy (non-hydrogen) atoms. The van der Waals surface area contributed by atoms with Crippen LogP contribution in [0.15, 0.2) is 40.7 Å². The highest BCUT2D eigenvalue weighted by Crippen LogP contribution is 2.22. The Kier molecular flexibility index (Phi) is 7.07. The normalized spacial score (nSPS) is 19.5. The fourth-order valence-corrected chi connectivity index (χ4v) is 4.59. The van der Waals surface area contributed by atoms with E-state index >= 15 is 0 Å². The number of rotatable bonds is 6. The Morgan fingerprint density at radius 2 is 2.12 bits per heavy atom.